The van der Waals surface area contributed by atoms with Crippen LogP contribution < -0.4 is 15.0 Å². The van der Waals surface area contributed by atoms with Gasteiger partial charge in [0.15, 0.2) is 13.2 Å². The van der Waals surface area contributed by atoms with E-state index in [1.807, 2.05) is 12.1 Å². The minimum atomic E-state index is -0.485. The molecule has 6 rings (SSSR count). The SMILES string of the molecule is O=C(COC(=O)CCN1C(=O)COc2ccccc21)NCC12CC3CC(CC(C3)C1)C2. The number of hydrogen-bond donors (Lipinski definition) is 1. The monoisotopic (exact) mass is 426 g/mol. The van der Waals surface area contributed by atoms with Crippen LogP contribution in [0, 0.1) is 23.2 Å². The van der Waals surface area contributed by atoms with E-state index >= 15 is 0 Å². The van der Waals surface area contributed by atoms with Gasteiger partial charge in [-0.05, 0) is 73.8 Å². The Bertz CT molecular complexity index is 847. The fraction of sp³-hybridized carbons (Fsp3) is 0.625. The number of anilines is 1. The van der Waals surface area contributed by atoms with Crippen molar-refractivity contribution in [3.8, 4) is 5.75 Å². The molecule has 31 heavy (non-hydrogen) atoms. The van der Waals surface area contributed by atoms with Gasteiger partial charge in [-0.25, -0.2) is 0 Å². The van der Waals surface area contributed by atoms with Crippen molar-refractivity contribution < 1.29 is 23.9 Å². The molecule has 166 valence electrons. The van der Waals surface area contributed by atoms with Crippen LogP contribution in [0.25, 0.3) is 0 Å². The van der Waals surface area contributed by atoms with E-state index in [9.17, 15) is 14.4 Å². The van der Waals surface area contributed by atoms with Crippen LogP contribution in [-0.2, 0) is 19.1 Å². The number of para-hydroxylation sites is 2. The highest BCUT2D eigenvalue weighted by atomic mass is 16.5. The van der Waals surface area contributed by atoms with Crippen molar-refractivity contribution in [2.45, 2.75) is 44.9 Å². The van der Waals surface area contributed by atoms with Crippen molar-refractivity contribution in [1.82, 2.24) is 5.32 Å². The predicted octanol–water partition coefficient (Wildman–Crippen LogP) is 2.68. The normalized spacial score (nSPS) is 30.5. The van der Waals surface area contributed by atoms with Crippen LogP contribution in [0.4, 0.5) is 5.69 Å². The molecule has 0 saturated heterocycles. The van der Waals surface area contributed by atoms with Crippen LogP contribution in [0.5, 0.6) is 5.75 Å². The van der Waals surface area contributed by atoms with E-state index in [1.165, 1.54) is 43.4 Å². The van der Waals surface area contributed by atoms with E-state index < -0.39 is 5.97 Å². The molecule has 1 aromatic carbocycles. The highest BCUT2D eigenvalue weighted by Gasteiger charge is 2.50. The highest BCUT2D eigenvalue weighted by Crippen LogP contribution is 2.59. The number of carbonyl (C=O) groups excluding carboxylic acids is 3. The van der Waals surface area contributed by atoms with Crippen molar-refractivity contribution in [3.05, 3.63) is 24.3 Å². The second-order valence-electron chi connectivity index (χ2n) is 9.91. The topological polar surface area (TPSA) is 84.9 Å². The average molecular weight is 427 g/mol. The maximum absolute atomic E-state index is 12.3. The molecule has 1 heterocycles. The van der Waals surface area contributed by atoms with Crippen molar-refractivity contribution in [1.29, 1.82) is 0 Å². The van der Waals surface area contributed by atoms with Crippen LogP contribution in [0.1, 0.15) is 44.9 Å². The zero-order valence-corrected chi connectivity index (χ0v) is 17.8. The average Bonchev–Trinajstić information content (AvgIpc) is 2.75. The summed E-state index contributed by atoms with van der Waals surface area (Å²) in [5.41, 5.74) is 0.915. The summed E-state index contributed by atoms with van der Waals surface area (Å²) in [7, 11) is 0. The van der Waals surface area contributed by atoms with Crippen LogP contribution in [-0.4, -0.2) is 44.1 Å². The fourth-order valence-electron chi connectivity index (χ4n) is 6.66. The van der Waals surface area contributed by atoms with E-state index in [4.69, 9.17) is 9.47 Å². The quantitative estimate of drug-likeness (QED) is 0.678. The minimum absolute atomic E-state index is 0.0301. The lowest BCUT2D eigenvalue weighted by Crippen LogP contribution is -2.51. The third kappa shape index (κ3) is 4.27. The van der Waals surface area contributed by atoms with Crippen LogP contribution in [0.3, 0.4) is 0 Å². The van der Waals surface area contributed by atoms with Gasteiger partial charge in [-0.15, -0.1) is 0 Å². The van der Waals surface area contributed by atoms with Gasteiger partial charge in [0, 0.05) is 13.1 Å². The van der Waals surface area contributed by atoms with Gasteiger partial charge in [-0.3, -0.25) is 14.4 Å². The van der Waals surface area contributed by atoms with E-state index in [0.717, 1.165) is 17.8 Å². The molecular weight excluding hydrogens is 396 g/mol. The van der Waals surface area contributed by atoms with Gasteiger partial charge in [0.2, 0.25) is 0 Å². The lowest BCUT2D eigenvalue weighted by molar-refractivity contribution is -0.148. The third-order valence-corrected chi connectivity index (χ3v) is 7.54. The molecule has 0 radical (unpaired) electrons. The van der Waals surface area contributed by atoms with E-state index in [1.54, 1.807) is 12.1 Å². The molecule has 1 aliphatic heterocycles. The van der Waals surface area contributed by atoms with Crippen LogP contribution in [0.15, 0.2) is 24.3 Å². The lowest BCUT2D eigenvalue weighted by Gasteiger charge is -2.56. The smallest absolute Gasteiger partial charge is 0.308 e. The summed E-state index contributed by atoms with van der Waals surface area (Å²) in [4.78, 5) is 38.2. The molecule has 4 fully saturated rings. The number of nitrogens with zero attached hydrogens (tertiary/aromatic N) is 1. The number of amides is 2. The standard InChI is InChI=1S/C24H30N2O5/c27-21(25-15-24-10-16-7-17(11-24)9-18(8-16)12-24)13-31-23(29)5-6-26-19-3-1-2-4-20(19)30-14-22(26)28/h1-4,16-18H,5-15H2,(H,25,27). The minimum Gasteiger partial charge on any atom is -0.482 e. The first-order chi connectivity index (χ1) is 15.0. The molecule has 7 nitrogen and oxygen atoms in total. The van der Waals surface area contributed by atoms with Gasteiger partial charge in [0.05, 0.1) is 12.1 Å². The number of esters is 1. The Morgan fingerprint density at radius 2 is 1.77 bits per heavy atom. The molecule has 4 bridgehead atoms. The number of hydrogen-bond acceptors (Lipinski definition) is 5. The first-order valence-electron chi connectivity index (χ1n) is 11.4. The summed E-state index contributed by atoms with van der Waals surface area (Å²) >= 11 is 0. The largest absolute Gasteiger partial charge is 0.482 e. The second kappa shape index (κ2) is 8.17. The lowest BCUT2D eigenvalue weighted by atomic mass is 9.49. The molecule has 0 atom stereocenters. The summed E-state index contributed by atoms with van der Waals surface area (Å²) < 4.78 is 10.6. The number of carbonyl (C=O) groups is 3. The Balaban J connectivity index is 1.06. The maximum atomic E-state index is 12.3. The van der Waals surface area contributed by atoms with Gasteiger partial charge >= 0.3 is 5.97 Å². The molecule has 5 aliphatic rings. The Morgan fingerprint density at radius 1 is 1.10 bits per heavy atom. The highest BCUT2D eigenvalue weighted by molar-refractivity contribution is 5.98. The summed E-state index contributed by atoms with van der Waals surface area (Å²) in [5, 5.41) is 3.02. The molecule has 2 amide bonds. The summed E-state index contributed by atoms with van der Waals surface area (Å²) in [6.45, 7) is 0.594. The molecule has 0 unspecified atom stereocenters. The third-order valence-electron chi connectivity index (χ3n) is 7.54. The number of rotatable bonds is 7. The maximum Gasteiger partial charge on any atom is 0.308 e. The van der Waals surface area contributed by atoms with Crippen molar-refractivity contribution in [3.63, 3.8) is 0 Å². The fourth-order valence-corrected chi connectivity index (χ4v) is 6.66. The van der Waals surface area contributed by atoms with Gasteiger partial charge < -0.3 is 19.7 Å². The Morgan fingerprint density at radius 3 is 2.48 bits per heavy atom. The molecule has 7 heteroatoms. The zero-order chi connectivity index (χ0) is 21.4. The van der Waals surface area contributed by atoms with Crippen LogP contribution >= 0.6 is 0 Å². The van der Waals surface area contributed by atoms with Crippen molar-refractivity contribution >= 4 is 23.5 Å². The van der Waals surface area contributed by atoms with Crippen LogP contribution in [0.2, 0.25) is 0 Å². The summed E-state index contributed by atoms with van der Waals surface area (Å²) in [6, 6.07) is 7.24. The van der Waals surface area contributed by atoms with Gasteiger partial charge in [0.1, 0.15) is 5.75 Å². The molecule has 0 spiro atoms. The van der Waals surface area contributed by atoms with Gasteiger partial charge in [-0.2, -0.15) is 0 Å². The molecule has 4 aliphatic carbocycles. The number of fused-ring (bicyclic) bond motifs is 1. The van der Waals surface area contributed by atoms with Gasteiger partial charge in [0.25, 0.3) is 11.8 Å². The van der Waals surface area contributed by atoms with E-state index in [0.29, 0.717) is 18.0 Å². The number of nitrogens with one attached hydrogen (secondary N) is 1. The van der Waals surface area contributed by atoms with E-state index in [2.05, 4.69) is 5.32 Å². The Labute approximate surface area is 182 Å². The summed E-state index contributed by atoms with van der Waals surface area (Å²) in [5.74, 6) is 2.23. The van der Waals surface area contributed by atoms with Crippen molar-refractivity contribution in [2.75, 3.05) is 31.2 Å². The van der Waals surface area contributed by atoms with Crippen molar-refractivity contribution in [2.24, 2.45) is 23.2 Å². The first kappa shape index (κ1) is 20.3. The molecule has 1 N–H and O–H groups in total. The number of benzene rings is 1. The van der Waals surface area contributed by atoms with Gasteiger partial charge in [-0.1, -0.05) is 12.1 Å². The molecule has 0 aromatic heterocycles. The number of ether oxygens (including phenoxy) is 2. The first-order valence-corrected chi connectivity index (χ1v) is 11.4. The van der Waals surface area contributed by atoms with E-state index in [-0.39, 0.29) is 43.4 Å². The Hall–Kier alpha value is -2.57. The Kier molecular flexibility index (Phi) is 5.36. The predicted molar refractivity (Wildman–Crippen MR) is 113 cm³/mol. The second-order valence-corrected chi connectivity index (χ2v) is 9.91. The zero-order valence-electron chi connectivity index (χ0n) is 17.8. The summed E-state index contributed by atoms with van der Waals surface area (Å²) in [6.07, 6.45) is 7.85. The molecule has 1 aromatic rings. The molecule has 4 saturated carbocycles. The molecular formula is C24H30N2O5.